The smallest absolute Gasteiger partial charge is 0.161 e. The van der Waals surface area contributed by atoms with E-state index in [4.69, 9.17) is 4.74 Å². The highest BCUT2D eigenvalue weighted by molar-refractivity contribution is 5.36. The molecule has 1 heterocycles. The van der Waals surface area contributed by atoms with Gasteiger partial charge in [-0.05, 0) is 31.2 Å². The van der Waals surface area contributed by atoms with Gasteiger partial charge < -0.3 is 10.1 Å². The van der Waals surface area contributed by atoms with Crippen molar-refractivity contribution in [3.05, 3.63) is 47.5 Å². The van der Waals surface area contributed by atoms with Crippen molar-refractivity contribution in [3.8, 4) is 5.75 Å². The summed E-state index contributed by atoms with van der Waals surface area (Å²) in [4.78, 5) is 0. The van der Waals surface area contributed by atoms with E-state index in [0.29, 0.717) is 5.75 Å². The highest BCUT2D eigenvalue weighted by Crippen LogP contribution is 2.30. The molecule has 108 valence electrons. The number of rotatable bonds is 6. The number of aryl methyl sites for hydroxylation is 1. The van der Waals surface area contributed by atoms with Crippen molar-refractivity contribution < 1.29 is 9.13 Å². The van der Waals surface area contributed by atoms with Gasteiger partial charge in [0.15, 0.2) is 5.75 Å². The first-order valence-corrected chi connectivity index (χ1v) is 6.79. The summed E-state index contributed by atoms with van der Waals surface area (Å²) >= 11 is 0. The van der Waals surface area contributed by atoms with Crippen molar-refractivity contribution >= 4 is 0 Å². The number of hydrogen-bond donors (Lipinski definition) is 1. The molecular weight excluding hydrogens is 257 g/mol. The molecule has 1 atom stereocenters. The van der Waals surface area contributed by atoms with Crippen LogP contribution in [-0.4, -0.2) is 23.4 Å². The van der Waals surface area contributed by atoms with Crippen LogP contribution in [0.2, 0.25) is 0 Å². The first kappa shape index (κ1) is 14.5. The van der Waals surface area contributed by atoms with Crippen LogP contribution < -0.4 is 10.1 Å². The van der Waals surface area contributed by atoms with Crippen LogP contribution in [0.5, 0.6) is 5.75 Å². The van der Waals surface area contributed by atoms with Gasteiger partial charge in [-0.1, -0.05) is 19.1 Å². The summed E-state index contributed by atoms with van der Waals surface area (Å²) in [6, 6.07) is 6.46. The summed E-state index contributed by atoms with van der Waals surface area (Å²) in [5.41, 5.74) is 1.78. The lowest BCUT2D eigenvalue weighted by atomic mass is 10.0. The Morgan fingerprint density at radius 2 is 2.20 bits per heavy atom. The first-order valence-electron chi connectivity index (χ1n) is 6.79. The topological polar surface area (TPSA) is 39.1 Å². The van der Waals surface area contributed by atoms with Crippen LogP contribution in [0.1, 0.15) is 31.1 Å². The maximum atomic E-state index is 13.5. The van der Waals surface area contributed by atoms with Gasteiger partial charge in [-0.15, -0.1) is 0 Å². The van der Waals surface area contributed by atoms with Crippen LogP contribution in [0.3, 0.4) is 0 Å². The Bertz CT molecular complexity index is 546. The van der Waals surface area contributed by atoms with Crippen molar-refractivity contribution in [2.75, 3.05) is 13.7 Å². The predicted molar refractivity (Wildman–Crippen MR) is 76.4 cm³/mol. The zero-order valence-electron chi connectivity index (χ0n) is 12.1. The Labute approximate surface area is 118 Å². The molecule has 0 spiro atoms. The Morgan fingerprint density at radius 3 is 2.80 bits per heavy atom. The maximum absolute atomic E-state index is 13.5. The minimum Gasteiger partial charge on any atom is -0.493 e. The molecule has 0 fully saturated rings. The van der Waals surface area contributed by atoms with Gasteiger partial charge >= 0.3 is 0 Å². The SMILES string of the molecule is CCNC(c1cccc(F)c1)c1c(OC)cnn1CC. The number of benzene rings is 1. The second-order valence-electron chi connectivity index (χ2n) is 4.46. The highest BCUT2D eigenvalue weighted by atomic mass is 19.1. The number of methoxy groups -OCH3 is 1. The molecule has 2 aromatic rings. The second kappa shape index (κ2) is 6.52. The van der Waals surface area contributed by atoms with Gasteiger partial charge in [-0.25, -0.2) is 4.39 Å². The summed E-state index contributed by atoms with van der Waals surface area (Å²) in [6.45, 7) is 5.53. The van der Waals surface area contributed by atoms with Crippen molar-refractivity contribution in [2.45, 2.75) is 26.4 Å². The normalized spacial score (nSPS) is 12.4. The lowest BCUT2D eigenvalue weighted by Crippen LogP contribution is -2.25. The second-order valence-corrected chi connectivity index (χ2v) is 4.46. The average molecular weight is 277 g/mol. The molecule has 0 amide bonds. The van der Waals surface area contributed by atoms with E-state index in [0.717, 1.165) is 24.3 Å². The summed E-state index contributed by atoms with van der Waals surface area (Å²) < 4.78 is 20.8. The van der Waals surface area contributed by atoms with E-state index in [1.54, 1.807) is 25.4 Å². The van der Waals surface area contributed by atoms with Crippen molar-refractivity contribution in [1.29, 1.82) is 0 Å². The number of ether oxygens (including phenoxy) is 1. The molecule has 0 aliphatic heterocycles. The molecule has 1 aromatic heterocycles. The molecule has 2 rings (SSSR count). The minimum absolute atomic E-state index is 0.145. The molecule has 1 N–H and O–H groups in total. The van der Waals surface area contributed by atoms with Crippen molar-refractivity contribution in [2.24, 2.45) is 0 Å². The van der Waals surface area contributed by atoms with Gasteiger partial charge in [0.1, 0.15) is 11.5 Å². The van der Waals surface area contributed by atoms with Crippen LogP contribution in [0.25, 0.3) is 0 Å². The number of nitrogens with zero attached hydrogens (tertiary/aromatic N) is 2. The van der Waals surface area contributed by atoms with Gasteiger partial charge in [-0.2, -0.15) is 5.10 Å². The quantitative estimate of drug-likeness (QED) is 0.882. The van der Waals surface area contributed by atoms with Gasteiger partial charge in [0.05, 0.1) is 19.3 Å². The fraction of sp³-hybridized carbons (Fsp3) is 0.400. The van der Waals surface area contributed by atoms with Crippen LogP contribution >= 0.6 is 0 Å². The maximum Gasteiger partial charge on any atom is 0.161 e. The third-order valence-electron chi connectivity index (χ3n) is 3.23. The predicted octanol–water partition coefficient (Wildman–Crippen LogP) is 2.75. The Kier molecular flexibility index (Phi) is 4.74. The Balaban J connectivity index is 2.50. The van der Waals surface area contributed by atoms with Gasteiger partial charge in [-0.3, -0.25) is 4.68 Å². The van der Waals surface area contributed by atoms with E-state index in [9.17, 15) is 4.39 Å². The largest absolute Gasteiger partial charge is 0.493 e. The van der Waals surface area contributed by atoms with E-state index in [2.05, 4.69) is 10.4 Å². The summed E-state index contributed by atoms with van der Waals surface area (Å²) in [5.74, 6) is 0.467. The Morgan fingerprint density at radius 1 is 1.40 bits per heavy atom. The molecule has 0 radical (unpaired) electrons. The van der Waals surface area contributed by atoms with Crippen LogP contribution in [0.15, 0.2) is 30.5 Å². The number of aromatic nitrogens is 2. The summed E-state index contributed by atoms with van der Waals surface area (Å²) in [6.07, 6.45) is 1.70. The van der Waals surface area contributed by atoms with Gasteiger partial charge in [0.2, 0.25) is 0 Å². The lowest BCUT2D eigenvalue weighted by Gasteiger charge is -2.20. The molecule has 0 aliphatic carbocycles. The van der Waals surface area contributed by atoms with E-state index in [1.807, 2.05) is 24.6 Å². The minimum atomic E-state index is -0.244. The lowest BCUT2D eigenvalue weighted by molar-refractivity contribution is 0.399. The number of nitrogens with one attached hydrogen (secondary N) is 1. The van der Waals surface area contributed by atoms with E-state index >= 15 is 0 Å². The molecule has 1 unspecified atom stereocenters. The van der Waals surface area contributed by atoms with Crippen molar-refractivity contribution in [3.63, 3.8) is 0 Å². The molecule has 5 heteroatoms. The third-order valence-corrected chi connectivity index (χ3v) is 3.23. The molecule has 0 aliphatic rings. The number of halogens is 1. The standard InChI is InChI=1S/C15H20FN3O/c1-4-17-14(11-7-6-8-12(16)9-11)15-13(20-3)10-18-19(15)5-2/h6-10,14,17H,4-5H2,1-3H3. The highest BCUT2D eigenvalue weighted by Gasteiger charge is 2.22. The molecule has 4 nitrogen and oxygen atoms in total. The van der Waals surface area contributed by atoms with E-state index < -0.39 is 0 Å². The van der Waals surface area contributed by atoms with Crippen molar-refractivity contribution in [1.82, 2.24) is 15.1 Å². The monoisotopic (exact) mass is 277 g/mol. The number of hydrogen-bond acceptors (Lipinski definition) is 3. The Hall–Kier alpha value is -1.88. The fourth-order valence-corrected chi connectivity index (χ4v) is 2.34. The van der Waals surface area contributed by atoms with Gasteiger partial charge in [0.25, 0.3) is 0 Å². The molecular formula is C15H20FN3O. The van der Waals surface area contributed by atoms with Crippen LogP contribution in [0.4, 0.5) is 4.39 Å². The van der Waals surface area contributed by atoms with Crippen LogP contribution in [-0.2, 0) is 6.54 Å². The molecule has 0 saturated heterocycles. The first-order chi connectivity index (χ1) is 9.71. The molecule has 0 saturated carbocycles. The zero-order chi connectivity index (χ0) is 14.5. The zero-order valence-corrected chi connectivity index (χ0v) is 12.1. The van der Waals surface area contributed by atoms with Crippen LogP contribution in [0, 0.1) is 5.82 Å². The molecule has 20 heavy (non-hydrogen) atoms. The molecule has 0 bridgehead atoms. The molecule has 1 aromatic carbocycles. The summed E-state index contributed by atoms with van der Waals surface area (Å²) in [7, 11) is 1.62. The van der Waals surface area contributed by atoms with E-state index in [1.165, 1.54) is 6.07 Å². The summed E-state index contributed by atoms with van der Waals surface area (Å²) in [5, 5.41) is 7.68. The van der Waals surface area contributed by atoms with Gasteiger partial charge in [0, 0.05) is 6.54 Å². The fourth-order valence-electron chi connectivity index (χ4n) is 2.34. The third kappa shape index (κ3) is 2.82. The van der Waals surface area contributed by atoms with E-state index in [-0.39, 0.29) is 11.9 Å². The average Bonchev–Trinajstić information content (AvgIpc) is 2.87.